The van der Waals surface area contributed by atoms with Crippen molar-refractivity contribution in [1.29, 1.82) is 0 Å². The van der Waals surface area contributed by atoms with Crippen LogP contribution < -0.4 is 11.0 Å². The number of hydrogen-bond acceptors (Lipinski definition) is 4. The number of aromatic nitrogens is 2. The molecule has 8 nitrogen and oxygen atoms in total. The third-order valence-corrected chi connectivity index (χ3v) is 7.86. The van der Waals surface area contributed by atoms with Crippen LogP contribution in [0.2, 0.25) is 0 Å². The molecule has 0 bridgehead atoms. The average Bonchev–Trinajstić information content (AvgIpc) is 3.18. The number of carbonyl (C=O) groups is 1. The van der Waals surface area contributed by atoms with Crippen LogP contribution in [0.25, 0.3) is 21.8 Å². The smallest absolute Gasteiger partial charge is 0.323 e. The van der Waals surface area contributed by atoms with E-state index in [1.807, 2.05) is 30.3 Å². The van der Waals surface area contributed by atoms with Crippen molar-refractivity contribution in [3.05, 3.63) is 71.1 Å². The topological polar surface area (TPSA) is 115 Å². The van der Waals surface area contributed by atoms with Crippen LogP contribution in [0.5, 0.6) is 0 Å². The number of nitrogens with zero attached hydrogens (tertiary/aromatic N) is 1. The number of imidazole rings is 1. The molecule has 0 aliphatic carbocycles. The molecule has 3 aromatic carbocycles. The minimum atomic E-state index is -3.62. The lowest BCUT2D eigenvalue weighted by Gasteiger charge is -2.30. The third-order valence-electron chi connectivity index (χ3n) is 5.97. The second-order valence-electron chi connectivity index (χ2n) is 8.02. The first-order chi connectivity index (χ1) is 15.4. The fraction of sp³-hybridized carbons (Fsp3) is 0.217. The lowest BCUT2D eigenvalue weighted by Crippen LogP contribution is -2.41. The molecule has 1 amide bonds. The Hall–Kier alpha value is -3.43. The molecule has 3 N–H and O–H groups in total. The maximum Gasteiger partial charge on any atom is 0.323 e. The highest BCUT2D eigenvalue weighted by Gasteiger charge is 2.32. The van der Waals surface area contributed by atoms with Crippen LogP contribution >= 0.6 is 0 Å². The van der Waals surface area contributed by atoms with Crippen molar-refractivity contribution >= 4 is 43.4 Å². The minimum Gasteiger partial charge on any atom is -0.326 e. The van der Waals surface area contributed by atoms with Gasteiger partial charge in [-0.05, 0) is 53.9 Å². The lowest BCUT2D eigenvalue weighted by atomic mass is 9.97. The lowest BCUT2D eigenvalue weighted by molar-refractivity contribution is -0.120. The summed E-state index contributed by atoms with van der Waals surface area (Å²) in [5, 5.41) is 4.74. The Morgan fingerprint density at radius 1 is 0.906 bits per heavy atom. The van der Waals surface area contributed by atoms with E-state index < -0.39 is 10.0 Å². The number of piperidine rings is 1. The van der Waals surface area contributed by atoms with E-state index in [0.717, 1.165) is 10.8 Å². The molecule has 0 saturated carbocycles. The molecule has 0 atom stereocenters. The summed E-state index contributed by atoms with van der Waals surface area (Å²) in [6.45, 7) is 0.578. The summed E-state index contributed by atoms with van der Waals surface area (Å²) >= 11 is 0. The van der Waals surface area contributed by atoms with Gasteiger partial charge in [0.15, 0.2) is 0 Å². The van der Waals surface area contributed by atoms with Gasteiger partial charge in [0.1, 0.15) is 0 Å². The highest BCUT2D eigenvalue weighted by Crippen LogP contribution is 2.27. The van der Waals surface area contributed by atoms with E-state index in [-0.39, 0.29) is 35.5 Å². The zero-order chi connectivity index (χ0) is 22.3. The molecular weight excluding hydrogens is 428 g/mol. The summed E-state index contributed by atoms with van der Waals surface area (Å²) < 4.78 is 27.7. The van der Waals surface area contributed by atoms with Gasteiger partial charge in [-0.1, -0.05) is 30.3 Å². The number of fused-ring (bicyclic) bond motifs is 2. The third kappa shape index (κ3) is 3.80. The Morgan fingerprint density at radius 3 is 2.41 bits per heavy atom. The second kappa shape index (κ2) is 7.92. The fourth-order valence-corrected chi connectivity index (χ4v) is 5.70. The highest BCUT2D eigenvalue weighted by atomic mass is 32.2. The summed E-state index contributed by atoms with van der Waals surface area (Å²) in [6, 6.07) is 17.9. The van der Waals surface area contributed by atoms with Crippen LogP contribution in [0.3, 0.4) is 0 Å². The first-order valence-electron chi connectivity index (χ1n) is 10.4. The zero-order valence-corrected chi connectivity index (χ0v) is 18.0. The molecule has 1 aromatic heterocycles. The van der Waals surface area contributed by atoms with Crippen LogP contribution in [0.15, 0.2) is 70.4 Å². The van der Waals surface area contributed by atoms with Gasteiger partial charge in [0.05, 0.1) is 15.9 Å². The van der Waals surface area contributed by atoms with Gasteiger partial charge in [0.2, 0.25) is 15.9 Å². The number of H-pyrrole nitrogens is 2. The predicted molar refractivity (Wildman–Crippen MR) is 123 cm³/mol. The van der Waals surface area contributed by atoms with Gasteiger partial charge in [-0.15, -0.1) is 0 Å². The summed E-state index contributed by atoms with van der Waals surface area (Å²) in [7, 11) is -3.62. The van der Waals surface area contributed by atoms with Crippen molar-refractivity contribution in [2.75, 3.05) is 18.4 Å². The molecule has 1 aliphatic rings. The number of anilines is 1. The molecular formula is C23H22N4O4S. The van der Waals surface area contributed by atoms with Gasteiger partial charge in [0.25, 0.3) is 0 Å². The fourth-order valence-electron chi connectivity index (χ4n) is 4.19. The monoisotopic (exact) mass is 450 g/mol. The Balaban J connectivity index is 1.26. The first kappa shape index (κ1) is 20.5. The molecule has 164 valence electrons. The average molecular weight is 451 g/mol. The van der Waals surface area contributed by atoms with Crippen molar-refractivity contribution in [1.82, 2.24) is 14.3 Å². The first-order valence-corrected chi connectivity index (χ1v) is 11.9. The number of rotatable bonds is 4. The maximum absolute atomic E-state index is 13.1. The molecule has 0 unspecified atom stereocenters. The number of carbonyl (C=O) groups excluding carboxylic acids is 1. The van der Waals surface area contributed by atoms with Crippen molar-refractivity contribution in [3.8, 4) is 0 Å². The maximum atomic E-state index is 13.1. The van der Waals surface area contributed by atoms with Gasteiger partial charge in [0, 0.05) is 24.7 Å². The molecule has 9 heteroatoms. The number of hydrogen-bond donors (Lipinski definition) is 3. The van der Waals surface area contributed by atoms with Crippen molar-refractivity contribution in [3.63, 3.8) is 0 Å². The largest absolute Gasteiger partial charge is 0.326 e. The van der Waals surface area contributed by atoms with E-state index >= 15 is 0 Å². The Labute approximate surface area is 184 Å². The van der Waals surface area contributed by atoms with Crippen molar-refractivity contribution in [2.24, 2.45) is 5.92 Å². The molecule has 2 heterocycles. The van der Waals surface area contributed by atoms with Crippen LogP contribution in [0, 0.1) is 5.92 Å². The molecule has 0 radical (unpaired) electrons. The van der Waals surface area contributed by atoms with Crippen LogP contribution in [-0.4, -0.2) is 41.7 Å². The SMILES string of the molecule is O=C(Nc1ccc2[nH]c(=O)[nH]c2c1)C1CCN(S(=O)(=O)c2ccc3ccccc3c2)CC1. The summed E-state index contributed by atoms with van der Waals surface area (Å²) in [6.07, 6.45) is 0.893. The standard InChI is InChI=1S/C23H22N4O4S/c28-22(24-18-6-8-20-21(14-18)26-23(29)25-20)16-9-11-27(12-10-16)32(30,31)19-7-5-15-3-1-2-4-17(15)13-19/h1-8,13-14,16H,9-12H2,(H,24,28)(H2,25,26,29). The van der Waals surface area contributed by atoms with E-state index in [4.69, 9.17) is 0 Å². The van der Waals surface area contributed by atoms with E-state index in [1.165, 1.54) is 4.31 Å². The van der Waals surface area contributed by atoms with Crippen molar-refractivity contribution < 1.29 is 13.2 Å². The van der Waals surface area contributed by atoms with Gasteiger partial charge in [-0.2, -0.15) is 4.31 Å². The minimum absolute atomic E-state index is 0.148. The Bertz CT molecular complexity index is 1480. The van der Waals surface area contributed by atoms with E-state index in [0.29, 0.717) is 29.6 Å². The number of sulfonamides is 1. The van der Waals surface area contributed by atoms with Gasteiger partial charge in [-0.25, -0.2) is 13.2 Å². The molecule has 1 fully saturated rings. The van der Waals surface area contributed by atoms with Crippen LogP contribution in [-0.2, 0) is 14.8 Å². The number of amides is 1. The highest BCUT2D eigenvalue weighted by molar-refractivity contribution is 7.89. The summed E-state index contributed by atoms with van der Waals surface area (Å²) in [4.78, 5) is 29.7. The van der Waals surface area contributed by atoms with E-state index in [1.54, 1.807) is 30.3 Å². The summed E-state index contributed by atoms with van der Waals surface area (Å²) in [5.74, 6) is -0.427. The van der Waals surface area contributed by atoms with Crippen LogP contribution in [0.1, 0.15) is 12.8 Å². The van der Waals surface area contributed by atoms with E-state index in [2.05, 4.69) is 15.3 Å². The molecule has 5 rings (SSSR count). The normalized spacial score (nSPS) is 15.9. The van der Waals surface area contributed by atoms with Gasteiger partial charge in [-0.3, -0.25) is 4.79 Å². The number of aromatic amines is 2. The Kier molecular flexibility index (Phi) is 5.07. The molecule has 1 aliphatic heterocycles. The zero-order valence-electron chi connectivity index (χ0n) is 17.2. The van der Waals surface area contributed by atoms with Crippen LogP contribution in [0.4, 0.5) is 5.69 Å². The quantitative estimate of drug-likeness (QED) is 0.443. The molecule has 0 spiro atoms. The predicted octanol–water partition coefficient (Wildman–Crippen LogP) is 3.05. The van der Waals surface area contributed by atoms with Gasteiger partial charge >= 0.3 is 5.69 Å². The summed E-state index contributed by atoms with van der Waals surface area (Å²) in [5.41, 5.74) is 1.57. The molecule has 4 aromatic rings. The molecule has 32 heavy (non-hydrogen) atoms. The van der Waals surface area contributed by atoms with Crippen molar-refractivity contribution in [2.45, 2.75) is 17.7 Å². The second-order valence-corrected chi connectivity index (χ2v) is 9.95. The number of benzene rings is 3. The van der Waals surface area contributed by atoms with Gasteiger partial charge < -0.3 is 15.3 Å². The van der Waals surface area contributed by atoms with E-state index in [9.17, 15) is 18.0 Å². The molecule has 1 saturated heterocycles. The Morgan fingerprint density at radius 2 is 1.62 bits per heavy atom. The number of nitrogens with one attached hydrogen (secondary N) is 3.